The SMILES string of the molecule is CC(C)(O)NC12CCC(NC(=O)COC3CCCCCCC3)(CC1)CC2. The van der Waals surface area contributed by atoms with Crippen LogP contribution in [-0.4, -0.2) is 40.5 Å². The highest BCUT2D eigenvalue weighted by atomic mass is 16.5. The Morgan fingerprint density at radius 1 is 0.962 bits per heavy atom. The zero-order valence-corrected chi connectivity index (χ0v) is 16.7. The summed E-state index contributed by atoms with van der Waals surface area (Å²) >= 11 is 0. The summed E-state index contributed by atoms with van der Waals surface area (Å²) in [5.74, 6) is 0.0527. The van der Waals surface area contributed by atoms with Crippen LogP contribution in [0.3, 0.4) is 0 Å². The van der Waals surface area contributed by atoms with E-state index in [-0.39, 0.29) is 29.7 Å². The van der Waals surface area contributed by atoms with Gasteiger partial charge in [0.1, 0.15) is 12.3 Å². The van der Waals surface area contributed by atoms with Gasteiger partial charge in [-0.3, -0.25) is 10.1 Å². The van der Waals surface area contributed by atoms with E-state index in [9.17, 15) is 9.90 Å². The van der Waals surface area contributed by atoms with Crippen molar-refractivity contribution in [3.63, 3.8) is 0 Å². The predicted octanol–water partition coefficient (Wildman–Crippen LogP) is 3.40. The fourth-order valence-corrected chi connectivity index (χ4v) is 5.32. The maximum absolute atomic E-state index is 12.5. The van der Waals surface area contributed by atoms with Crippen LogP contribution in [0.2, 0.25) is 0 Å². The maximum Gasteiger partial charge on any atom is 0.246 e. The third-order valence-electron chi connectivity index (χ3n) is 6.72. The quantitative estimate of drug-likeness (QED) is 0.630. The van der Waals surface area contributed by atoms with Gasteiger partial charge in [0.25, 0.3) is 0 Å². The van der Waals surface area contributed by atoms with Gasteiger partial charge in [0.15, 0.2) is 0 Å². The molecule has 4 saturated carbocycles. The third-order valence-corrected chi connectivity index (χ3v) is 6.72. The molecule has 0 heterocycles. The Balaban J connectivity index is 1.44. The highest BCUT2D eigenvalue weighted by molar-refractivity contribution is 5.78. The van der Waals surface area contributed by atoms with Gasteiger partial charge >= 0.3 is 0 Å². The highest BCUT2D eigenvalue weighted by Gasteiger charge is 2.50. The number of aliphatic hydroxyl groups is 1. The molecule has 0 unspecified atom stereocenters. The van der Waals surface area contributed by atoms with E-state index in [4.69, 9.17) is 4.74 Å². The molecule has 0 radical (unpaired) electrons. The van der Waals surface area contributed by atoms with Crippen molar-refractivity contribution < 1.29 is 14.6 Å². The topological polar surface area (TPSA) is 70.6 Å². The zero-order chi connectivity index (χ0) is 18.7. The van der Waals surface area contributed by atoms with Crippen LogP contribution in [0.15, 0.2) is 0 Å². The molecule has 3 N–H and O–H groups in total. The molecule has 150 valence electrons. The minimum absolute atomic E-state index is 0.0417. The molecule has 2 bridgehead atoms. The molecule has 4 fully saturated rings. The van der Waals surface area contributed by atoms with Crippen LogP contribution in [0, 0.1) is 0 Å². The Kier molecular flexibility index (Phi) is 6.30. The Morgan fingerprint density at radius 3 is 2.00 bits per heavy atom. The second kappa shape index (κ2) is 8.15. The molecular weight excluding hydrogens is 328 g/mol. The Labute approximate surface area is 158 Å². The van der Waals surface area contributed by atoms with Gasteiger partial charge in [-0.1, -0.05) is 32.1 Å². The van der Waals surface area contributed by atoms with Gasteiger partial charge in [0.05, 0.1) is 6.10 Å². The first-order valence-corrected chi connectivity index (χ1v) is 10.7. The smallest absolute Gasteiger partial charge is 0.246 e. The molecule has 0 aromatic carbocycles. The summed E-state index contributed by atoms with van der Waals surface area (Å²) in [7, 11) is 0. The first-order valence-electron chi connectivity index (χ1n) is 10.7. The molecule has 26 heavy (non-hydrogen) atoms. The summed E-state index contributed by atoms with van der Waals surface area (Å²) in [6.45, 7) is 3.83. The van der Waals surface area contributed by atoms with E-state index in [2.05, 4.69) is 10.6 Å². The lowest BCUT2D eigenvalue weighted by atomic mass is 9.61. The van der Waals surface area contributed by atoms with Crippen molar-refractivity contribution in [3.05, 3.63) is 0 Å². The van der Waals surface area contributed by atoms with Crippen LogP contribution >= 0.6 is 0 Å². The number of ether oxygens (including phenoxy) is 1. The van der Waals surface area contributed by atoms with Crippen LogP contribution < -0.4 is 10.6 Å². The molecule has 5 heteroatoms. The number of nitrogens with one attached hydrogen (secondary N) is 2. The second-order valence-corrected chi connectivity index (χ2v) is 9.57. The number of amides is 1. The zero-order valence-electron chi connectivity index (χ0n) is 16.7. The van der Waals surface area contributed by atoms with E-state index in [1.165, 1.54) is 32.1 Å². The first-order chi connectivity index (χ1) is 12.3. The van der Waals surface area contributed by atoms with Crippen molar-refractivity contribution in [2.75, 3.05) is 6.61 Å². The van der Waals surface area contributed by atoms with Crippen molar-refractivity contribution in [1.29, 1.82) is 0 Å². The van der Waals surface area contributed by atoms with E-state index < -0.39 is 5.72 Å². The Hall–Kier alpha value is -0.650. The first kappa shape index (κ1) is 20.1. The average Bonchev–Trinajstić information content (AvgIpc) is 2.54. The summed E-state index contributed by atoms with van der Waals surface area (Å²) in [5.41, 5.74) is -0.851. The van der Waals surface area contributed by atoms with E-state index in [1.807, 2.05) is 13.8 Å². The van der Waals surface area contributed by atoms with E-state index in [0.29, 0.717) is 0 Å². The number of rotatable bonds is 6. The minimum atomic E-state index is -0.841. The van der Waals surface area contributed by atoms with Crippen LogP contribution in [0.5, 0.6) is 0 Å². The fraction of sp³-hybridized carbons (Fsp3) is 0.952. The summed E-state index contributed by atoms with van der Waals surface area (Å²) in [6.07, 6.45) is 14.9. The van der Waals surface area contributed by atoms with Gasteiger partial charge in [-0.25, -0.2) is 0 Å². The number of hydrogen-bond donors (Lipinski definition) is 3. The maximum atomic E-state index is 12.5. The molecule has 0 spiro atoms. The lowest BCUT2D eigenvalue weighted by Crippen LogP contribution is -2.66. The largest absolute Gasteiger partial charge is 0.376 e. The van der Waals surface area contributed by atoms with Gasteiger partial charge in [-0.2, -0.15) is 0 Å². The lowest BCUT2D eigenvalue weighted by molar-refractivity contribution is -0.132. The van der Waals surface area contributed by atoms with Gasteiger partial charge in [0.2, 0.25) is 5.91 Å². The standard InChI is InChI=1S/C21H38N2O3/c1-19(2,25)23-21-13-10-20(11-14-21,12-15-21)22-18(24)16-26-17-8-6-4-3-5-7-9-17/h17,23,25H,3-16H2,1-2H3,(H,22,24). The van der Waals surface area contributed by atoms with Crippen molar-refractivity contribution in [2.45, 2.75) is 120 Å². The van der Waals surface area contributed by atoms with Gasteiger partial charge in [-0.15, -0.1) is 0 Å². The average molecular weight is 367 g/mol. The molecule has 4 aliphatic rings. The predicted molar refractivity (Wildman–Crippen MR) is 103 cm³/mol. The van der Waals surface area contributed by atoms with Gasteiger partial charge in [0, 0.05) is 11.1 Å². The molecule has 5 nitrogen and oxygen atoms in total. The van der Waals surface area contributed by atoms with Crippen LogP contribution in [0.25, 0.3) is 0 Å². The van der Waals surface area contributed by atoms with Gasteiger partial charge < -0.3 is 15.2 Å². The van der Waals surface area contributed by atoms with E-state index in [0.717, 1.165) is 51.4 Å². The molecule has 4 rings (SSSR count). The summed E-state index contributed by atoms with van der Waals surface area (Å²) in [5, 5.41) is 16.9. The summed E-state index contributed by atoms with van der Waals surface area (Å²) in [4.78, 5) is 12.5. The van der Waals surface area contributed by atoms with Crippen LogP contribution in [-0.2, 0) is 9.53 Å². The van der Waals surface area contributed by atoms with E-state index in [1.54, 1.807) is 0 Å². The molecule has 0 atom stereocenters. The second-order valence-electron chi connectivity index (χ2n) is 9.57. The van der Waals surface area contributed by atoms with Crippen LogP contribution in [0.1, 0.15) is 97.3 Å². The molecule has 1 amide bonds. The Bertz CT molecular complexity index is 454. The summed E-state index contributed by atoms with van der Waals surface area (Å²) in [6, 6.07) is 0. The number of hydrogen-bond acceptors (Lipinski definition) is 4. The fourth-order valence-electron chi connectivity index (χ4n) is 5.32. The highest BCUT2D eigenvalue weighted by Crippen LogP contribution is 2.47. The third kappa shape index (κ3) is 5.43. The van der Waals surface area contributed by atoms with Crippen molar-refractivity contribution in [3.8, 4) is 0 Å². The van der Waals surface area contributed by atoms with Crippen LogP contribution in [0.4, 0.5) is 0 Å². The van der Waals surface area contributed by atoms with Crippen molar-refractivity contribution in [2.24, 2.45) is 0 Å². The minimum Gasteiger partial charge on any atom is -0.376 e. The molecule has 0 aliphatic heterocycles. The monoisotopic (exact) mass is 366 g/mol. The normalized spacial score (nSPS) is 33.5. The van der Waals surface area contributed by atoms with Crippen molar-refractivity contribution in [1.82, 2.24) is 10.6 Å². The number of carbonyl (C=O) groups is 1. The molecule has 0 aromatic rings. The molecule has 0 saturated heterocycles. The Morgan fingerprint density at radius 2 is 1.46 bits per heavy atom. The number of fused-ring (bicyclic) bond motifs is 3. The van der Waals surface area contributed by atoms with E-state index >= 15 is 0 Å². The molecular formula is C21H38N2O3. The van der Waals surface area contributed by atoms with Crippen molar-refractivity contribution >= 4 is 5.91 Å². The molecule has 4 aliphatic carbocycles. The lowest BCUT2D eigenvalue weighted by Gasteiger charge is -2.55. The summed E-state index contributed by atoms with van der Waals surface area (Å²) < 4.78 is 5.95. The molecule has 0 aromatic heterocycles. The van der Waals surface area contributed by atoms with Gasteiger partial charge in [-0.05, 0) is 65.2 Å². The number of carbonyl (C=O) groups excluding carboxylic acids is 1.